The quantitative estimate of drug-likeness (QED) is 0.160. The monoisotopic (exact) mass is 489 g/mol. The summed E-state index contributed by atoms with van der Waals surface area (Å²) < 4.78 is 64.2. The molecular weight excluding hydrogens is 474 g/mol. The summed E-state index contributed by atoms with van der Waals surface area (Å²) in [5, 5.41) is 22.5. The molecule has 0 spiro atoms. The lowest BCUT2D eigenvalue weighted by Crippen LogP contribution is -2.23. The second-order valence-corrected chi connectivity index (χ2v) is 9.88. The summed E-state index contributed by atoms with van der Waals surface area (Å²) in [6.07, 6.45) is 0. The molecule has 0 fully saturated rings. The number of primary sulfonamides is 1. The number of aromatic carboxylic acids is 1. The minimum absolute atomic E-state index is 0.0242. The highest BCUT2D eigenvalue weighted by molar-refractivity contribution is 7.89. The molecule has 0 aromatic heterocycles. The highest BCUT2D eigenvalue weighted by atomic mass is 32.2. The highest BCUT2D eigenvalue weighted by Gasteiger charge is 2.30. The zero-order valence-electron chi connectivity index (χ0n) is 16.4. The molecule has 1 heterocycles. The van der Waals surface area contributed by atoms with Crippen molar-refractivity contribution in [1.29, 1.82) is 5.41 Å². The minimum atomic E-state index is -4.98. The van der Waals surface area contributed by atoms with E-state index in [4.69, 9.17) is 20.7 Å². The Bertz CT molecular complexity index is 1720. The van der Waals surface area contributed by atoms with Crippen molar-refractivity contribution in [2.45, 2.75) is 9.79 Å². The molecule has 0 amide bonds. The molecule has 0 radical (unpaired) electrons. The van der Waals surface area contributed by atoms with Gasteiger partial charge in [-0.05, 0) is 35.9 Å². The van der Waals surface area contributed by atoms with Crippen LogP contribution in [-0.4, -0.2) is 32.5 Å². The largest absolute Gasteiger partial charge is 0.478 e. The molecule has 170 valence electrons. The average molecular weight is 489 g/mol. The number of sulfonamides is 1. The Labute approximate surface area is 186 Å². The van der Waals surface area contributed by atoms with E-state index in [9.17, 15) is 31.3 Å². The lowest BCUT2D eigenvalue weighted by molar-refractivity contribution is 0.0697. The molecule has 7 N–H and O–H groups in total. The van der Waals surface area contributed by atoms with Gasteiger partial charge in [0.2, 0.25) is 10.0 Å². The summed E-state index contributed by atoms with van der Waals surface area (Å²) in [6, 6.07) is 10.7. The van der Waals surface area contributed by atoms with Gasteiger partial charge in [0.25, 0.3) is 10.1 Å². The average Bonchev–Trinajstić information content (AvgIpc) is 2.69. The lowest BCUT2D eigenvalue weighted by atomic mass is 9.90. The molecule has 13 heteroatoms. The first-order valence-corrected chi connectivity index (χ1v) is 12.0. The molecule has 0 bridgehead atoms. The molecule has 33 heavy (non-hydrogen) atoms. The molecule has 2 aromatic carbocycles. The van der Waals surface area contributed by atoms with Gasteiger partial charge >= 0.3 is 5.97 Å². The fourth-order valence-corrected chi connectivity index (χ4v) is 5.25. The predicted octanol–water partition coefficient (Wildman–Crippen LogP) is 1.86. The highest BCUT2D eigenvalue weighted by Crippen LogP contribution is 2.45. The third-order valence-corrected chi connectivity index (χ3v) is 6.88. The van der Waals surface area contributed by atoms with E-state index in [0.29, 0.717) is 0 Å². The number of anilines is 1. The van der Waals surface area contributed by atoms with Crippen molar-refractivity contribution in [1.82, 2.24) is 0 Å². The van der Waals surface area contributed by atoms with E-state index in [1.807, 2.05) is 0 Å². The molecule has 0 atom stereocenters. The molecule has 0 unspecified atom stereocenters. The van der Waals surface area contributed by atoms with Crippen molar-refractivity contribution in [3.8, 4) is 22.5 Å². The first kappa shape index (κ1) is 22.4. The van der Waals surface area contributed by atoms with Crippen LogP contribution in [0.5, 0.6) is 0 Å². The summed E-state index contributed by atoms with van der Waals surface area (Å²) in [5.74, 6) is -1.80. The number of carboxylic acids is 1. The number of carboxylic acid groups (broad SMARTS) is 1. The van der Waals surface area contributed by atoms with Crippen molar-refractivity contribution in [2.24, 2.45) is 5.14 Å². The van der Waals surface area contributed by atoms with E-state index in [1.165, 1.54) is 42.5 Å². The van der Waals surface area contributed by atoms with Crippen molar-refractivity contribution in [3.63, 3.8) is 0 Å². The Kier molecular flexibility index (Phi) is 5.01. The number of hydrogen-bond donors (Lipinski definition) is 5. The van der Waals surface area contributed by atoms with Gasteiger partial charge in [-0.15, -0.1) is 0 Å². The lowest BCUT2D eigenvalue weighted by Gasteiger charge is -2.19. The van der Waals surface area contributed by atoms with Gasteiger partial charge in [0.05, 0.1) is 16.6 Å². The first-order valence-electron chi connectivity index (χ1n) is 9.02. The van der Waals surface area contributed by atoms with E-state index in [-0.39, 0.29) is 27.6 Å². The fraction of sp³-hybridized carbons (Fsp3) is 0. The van der Waals surface area contributed by atoms with Crippen LogP contribution in [0.15, 0.2) is 62.7 Å². The summed E-state index contributed by atoms with van der Waals surface area (Å²) in [5.41, 5.74) is 4.88. The Balaban J connectivity index is 2.40. The van der Waals surface area contributed by atoms with E-state index in [0.717, 1.165) is 6.07 Å². The van der Waals surface area contributed by atoms with Crippen molar-refractivity contribution in [3.05, 3.63) is 59.5 Å². The number of nitrogens with one attached hydrogen (secondary N) is 1. The van der Waals surface area contributed by atoms with Crippen LogP contribution >= 0.6 is 0 Å². The number of rotatable bonds is 4. The van der Waals surface area contributed by atoms with Crippen LogP contribution in [0.25, 0.3) is 33.4 Å². The Morgan fingerprint density at radius 2 is 1.61 bits per heavy atom. The first-order chi connectivity index (χ1) is 15.3. The zero-order chi connectivity index (χ0) is 24.3. The Hall–Kier alpha value is -3.78. The third-order valence-electron chi connectivity index (χ3n) is 4.97. The topological polar surface area (TPSA) is 215 Å². The number of nitrogens with two attached hydrogens (primary N) is 2. The third kappa shape index (κ3) is 3.62. The predicted molar refractivity (Wildman–Crippen MR) is 117 cm³/mol. The number of carbonyl (C=O) groups is 1. The van der Waals surface area contributed by atoms with Gasteiger partial charge in [-0.3, -0.25) is 9.96 Å². The molecule has 11 nitrogen and oxygen atoms in total. The van der Waals surface area contributed by atoms with Crippen LogP contribution in [-0.2, 0) is 20.1 Å². The number of nitrogen functional groups attached to an aromatic ring is 1. The smallest absolute Gasteiger partial charge is 0.336 e. The van der Waals surface area contributed by atoms with E-state index < -0.39 is 58.3 Å². The van der Waals surface area contributed by atoms with Gasteiger partial charge in [0, 0.05) is 16.5 Å². The molecular formula is C20H15N3O8S2. The maximum absolute atomic E-state index is 12.3. The molecule has 1 aliphatic carbocycles. The maximum atomic E-state index is 12.3. The number of hydrogen-bond acceptors (Lipinski definition) is 8. The SMILES string of the molecule is N=c1ccc2c(-c3ccccc3C(=O)O)c3ccc(N)c(S(=O)(=O)O)c3oc-2c1S(N)(=O)=O. The second-order valence-electron chi connectivity index (χ2n) is 7.03. The molecule has 4 rings (SSSR count). The van der Waals surface area contributed by atoms with Gasteiger partial charge in [-0.2, -0.15) is 8.42 Å². The molecule has 1 aliphatic heterocycles. The van der Waals surface area contributed by atoms with Gasteiger partial charge in [0.1, 0.15) is 4.90 Å². The minimum Gasteiger partial charge on any atom is -0.478 e. The molecule has 0 saturated heterocycles. The summed E-state index contributed by atoms with van der Waals surface area (Å²) in [6.45, 7) is 0. The van der Waals surface area contributed by atoms with Gasteiger partial charge in [-0.25, -0.2) is 18.4 Å². The summed E-state index contributed by atoms with van der Waals surface area (Å²) in [4.78, 5) is 10.3. The molecule has 2 aromatic rings. The Morgan fingerprint density at radius 3 is 2.21 bits per heavy atom. The van der Waals surface area contributed by atoms with Crippen molar-refractivity contribution < 1.29 is 35.7 Å². The van der Waals surface area contributed by atoms with E-state index >= 15 is 0 Å². The van der Waals surface area contributed by atoms with E-state index in [1.54, 1.807) is 0 Å². The van der Waals surface area contributed by atoms with Crippen molar-refractivity contribution in [2.75, 3.05) is 5.73 Å². The van der Waals surface area contributed by atoms with Crippen LogP contribution in [0.2, 0.25) is 0 Å². The van der Waals surface area contributed by atoms with Crippen LogP contribution in [0.4, 0.5) is 5.69 Å². The summed E-state index contributed by atoms with van der Waals surface area (Å²) in [7, 11) is -9.53. The van der Waals surface area contributed by atoms with Crippen molar-refractivity contribution >= 4 is 42.8 Å². The standard InChI is InChI=1S/C20H15N3O8S2/c21-13-7-5-11-15(9-3-1-2-4-10(9)20(24)25)12-6-8-14(22)19(33(28,29)30)17(12)31-16(11)18(13)32(23,26)27/h1-8,21H,22H2,(H,24,25)(H2,23,26,27)(H,28,29,30). The number of benzene rings is 3. The molecule has 2 aliphatic rings. The maximum Gasteiger partial charge on any atom is 0.336 e. The fourth-order valence-electron chi connectivity index (χ4n) is 3.71. The van der Waals surface area contributed by atoms with Gasteiger partial charge < -0.3 is 15.3 Å². The van der Waals surface area contributed by atoms with Gasteiger partial charge in [0.15, 0.2) is 16.2 Å². The van der Waals surface area contributed by atoms with Crippen LogP contribution in [0.3, 0.4) is 0 Å². The van der Waals surface area contributed by atoms with Crippen LogP contribution in [0.1, 0.15) is 10.4 Å². The van der Waals surface area contributed by atoms with E-state index in [2.05, 4.69) is 0 Å². The number of fused-ring (bicyclic) bond motifs is 2. The normalized spacial score (nSPS) is 12.3. The molecule has 0 saturated carbocycles. The summed E-state index contributed by atoms with van der Waals surface area (Å²) >= 11 is 0. The van der Waals surface area contributed by atoms with Gasteiger partial charge in [-0.1, -0.05) is 18.2 Å². The zero-order valence-corrected chi connectivity index (χ0v) is 18.1. The second kappa shape index (κ2) is 7.38. The van der Waals surface area contributed by atoms with Crippen LogP contribution < -0.4 is 16.2 Å². The Morgan fingerprint density at radius 1 is 0.939 bits per heavy atom. The van der Waals surface area contributed by atoms with Crippen LogP contribution in [0, 0.1) is 5.41 Å².